The maximum atomic E-state index is 12.5. The van der Waals surface area contributed by atoms with Crippen LogP contribution in [0.4, 0.5) is 0 Å². The molecule has 20 heavy (non-hydrogen) atoms. The summed E-state index contributed by atoms with van der Waals surface area (Å²) in [5.41, 5.74) is 0.460. The Bertz CT molecular complexity index is 591. The molecule has 5 heteroatoms. The molecule has 0 heterocycles. The third-order valence-corrected chi connectivity index (χ3v) is 4.58. The predicted octanol–water partition coefficient (Wildman–Crippen LogP) is 2.35. The number of hydrogen-bond donors (Lipinski definition) is 0. The molecule has 0 spiro atoms. The first kappa shape index (κ1) is 15.0. The zero-order valence-corrected chi connectivity index (χ0v) is 12.8. The zero-order chi connectivity index (χ0) is 14.8. The van der Waals surface area contributed by atoms with Crippen LogP contribution in [0.15, 0.2) is 29.2 Å². The Morgan fingerprint density at radius 1 is 1.35 bits per heavy atom. The van der Waals surface area contributed by atoms with E-state index in [2.05, 4.69) is 0 Å². The van der Waals surface area contributed by atoms with Crippen LogP contribution in [0.3, 0.4) is 0 Å². The summed E-state index contributed by atoms with van der Waals surface area (Å²) in [7, 11) is -3.28. The Labute approximate surface area is 120 Å². The van der Waals surface area contributed by atoms with Crippen LogP contribution >= 0.6 is 0 Å². The molecule has 1 aromatic carbocycles. The lowest BCUT2D eigenvalue weighted by atomic mass is 10.2. The van der Waals surface area contributed by atoms with E-state index in [1.54, 1.807) is 12.1 Å². The maximum absolute atomic E-state index is 12.5. The van der Waals surface area contributed by atoms with E-state index < -0.39 is 9.84 Å². The van der Waals surface area contributed by atoms with Crippen LogP contribution in [0, 0.1) is 5.92 Å². The second kappa shape index (κ2) is 5.95. The largest absolute Gasteiger partial charge is 0.338 e. The first-order chi connectivity index (χ1) is 9.41. The van der Waals surface area contributed by atoms with Crippen molar-refractivity contribution in [2.75, 3.05) is 19.3 Å². The van der Waals surface area contributed by atoms with E-state index in [4.69, 9.17) is 0 Å². The third kappa shape index (κ3) is 3.82. The molecule has 0 aromatic heterocycles. The summed E-state index contributed by atoms with van der Waals surface area (Å²) in [5, 5.41) is 0. The molecule has 0 bridgehead atoms. The molecule has 2 rings (SSSR count). The van der Waals surface area contributed by atoms with Crippen molar-refractivity contribution in [1.82, 2.24) is 4.90 Å². The van der Waals surface area contributed by atoms with Crippen molar-refractivity contribution >= 4 is 15.7 Å². The molecule has 1 amide bonds. The van der Waals surface area contributed by atoms with Crippen molar-refractivity contribution in [3.8, 4) is 0 Å². The first-order valence-corrected chi connectivity index (χ1v) is 8.90. The van der Waals surface area contributed by atoms with E-state index in [1.807, 2.05) is 11.8 Å². The Kier molecular flexibility index (Phi) is 4.48. The molecule has 1 fully saturated rings. The van der Waals surface area contributed by atoms with E-state index in [1.165, 1.54) is 25.0 Å². The van der Waals surface area contributed by atoms with Crippen LogP contribution < -0.4 is 0 Å². The number of sulfone groups is 1. The molecule has 1 saturated carbocycles. The van der Waals surface area contributed by atoms with Gasteiger partial charge in [0.1, 0.15) is 0 Å². The number of rotatable bonds is 6. The SMILES string of the molecule is CCCN(CC1CC1)C(=O)c1cccc(S(C)(=O)=O)c1. The second-order valence-corrected chi connectivity index (χ2v) is 7.51. The molecule has 0 saturated heterocycles. The van der Waals surface area contributed by atoms with Gasteiger partial charge in [-0.05, 0) is 43.4 Å². The highest BCUT2D eigenvalue weighted by molar-refractivity contribution is 7.90. The maximum Gasteiger partial charge on any atom is 0.253 e. The molecule has 1 aliphatic rings. The van der Waals surface area contributed by atoms with Crippen LogP contribution in [0.25, 0.3) is 0 Å². The number of amides is 1. The predicted molar refractivity (Wildman–Crippen MR) is 78.5 cm³/mol. The lowest BCUT2D eigenvalue weighted by Gasteiger charge is -2.22. The van der Waals surface area contributed by atoms with Gasteiger partial charge < -0.3 is 4.90 Å². The molecule has 0 atom stereocenters. The number of carbonyl (C=O) groups is 1. The van der Waals surface area contributed by atoms with Crippen LogP contribution in [-0.4, -0.2) is 38.6 Å². The second-order valence-electron chi connectivity index (χ2n) is 5.49. The van der Waals surface area contributed by atoms with Crippen molar-refractivity contribution in [2.45, 2.75) is 31.1 Å². The molecular weight excluding hydrogens is 274 g/mol. The molecule has 1 aliphatic carbocycles. The molecule has 0 unspecified atom stereocenters. The van der Waals surface area contributed by atoms with Gasteiger partial charge in [-0.2, -0.15) is 0 Å². The van der Waals surface area contributed by atoms with Crippen molar-refractivity contribution in [2.24, 2.45) is 5.92 Å². The van der Waals surface area contributed by atoms with Gasteiger partial charge in [-0.3, -0.25) is 4.79 Å². The van der Waals surface area contributed by atoms with Crippen LogP contribution in [0.5, 0.6) is 0 Å². The number of hydrogen-bond acceptors (Lipinski definition) is 3. The molecular formula is C15H21NO3S. The van der Waals surface area contributed by atoms with Crippen molar-refractivity contribution in [1.29, 1.82) is 0 Å². The van der Waals surface area contributed by atoms with E-state index in [0.29, 0.717) is 11.5 Å². The van der Waals surface area contributed by atoms with E-state index in [9.17, 15) is 13.2 Å². The monoisotopic (exact) mass is 295 g/mol. The van der Waals surface area contributed by atoms with Crippen LogP contribution in [0.1, 0.15) is 36.5 Å². The number of benzene rings is 1. The topological polar surface area (TPSA) is 54.5 Å². The molecule has 0 aliphatic heterocycles. The molecule has 0 radical (unpaired) electrons. The van der Waals surface area contributed by atoms with Gasteiger partial charge in [0, 0.05) is 24.9 Å². The van der Waals surface area contributed by atoms with Crippen molar-refractivity contribution in [3.05, 3.63) is 29.8 Å². The quantitative estimate of drug-likeness (QED) is 0.809. The summed E-state index contributed by atoms with van der Waals surface area (Å²) < 4.78 is 23.1. The number of carbonyl (C=O) groups excluding carboxylic acids is 1. The van der Waals surface area contributed by atoms with Gasteiger partial charge in [0.25, 0.3) is 5.91 Å². The average molecular weight is 295 g/mol. The van der Waals surface area contributed by atoms with Crippen molar-refractivity contribution in [3.63, 3.8) is 0 Å². The van der Waals surface area contributed by atoms with E-state index in [0.717, 1.165) is 25.8 Å². The Balaban J connectivity index is 2.21. The van der Waals surface area contributed by atoms with Gasteiger partial charge in [-0.25, -0.2) is 8.42 Å². The fraction of sp³-hybridized carbons (Fsp3) is 0.533. The van der Waals surface area contributed by atoms with Gasteiger partial charge in [-0.15, -0.1) is 0 Å². The lowest BCUT2D eigenvalue weighted by molar-refractivity contribution is 0.0747. The standard InChI is InChI=1S/C15H21NO3S/c1-3-9-16(11-12-7-8-12)15(17)13-5-4-6-14(10-13)20(2,18)19/h4-6,10,12H,3,7-9,11H2,1-2H3. The first-order valence-electron chi connectivity index (χ1n) is 7.01. The van der Waals surface area contributed by atoms with Gasteiger partial charge in [0.2, 0.25) is 0 Å². The smallest absolute Gasteiger partial charge is 0.253 e. The van der Waals surface area contributed by atoms with Crippen LogP contribution in [0.2, 0.25) is 0 Å². The van der Waals surface area contributed by atoms with Gasteiger partial charge >= 0.3 is 0 Å². The van der Waals surface area contributed by atoms with Gasteiger partial charge in [0.15, 0.2) is 9.84 Å². The summed E-state index contributed by atoms with van der Waals surface area (Å²) in [6.45, 7) is 3.55. The minimum absolute atomic E-state index is 0.0655. The van der Waals surface area contributed by atoms with E-state index >= 15 is 0 Å². The zero-order valence-electron chi connectivity index (χ0n) is 12.0. The van der Waals surface area contributed by atoms with Crippen molar-refractivity contribution < 1.29 is 13.2 Å². The molecule has 1 aromatic rings. The Morgan fingerprint density at radius 2 is 2.05 bits per heavy atom. The summed E-state index contributed by atoms with van der Waals surface area (Å²) in [4.78, 5) is 14.6. The molecule has 4 nitrogen and oxygen atoms in total. The van der Waals surface area contributed by atoms with E-state index in [-0.39, 0.29) is 10.8 Å². The highest BCUT2D eigenvalue weighted by Crippen LogP contribution is 2.30. The Morgan fingerprint density at radius 3 is 2.60 bits per heavy atom. The molecule has 0 N–H and O–H groups in total. The van der Waals surface area contributed by atoms with Gasteiger partial charge in [-0.1, -0.05) is 13.0 Å². The fourth-order valence-electron chi connectivity index (χ4n) is 2.20. The number of nitrogens with zero attached hydrogens (tertiary/aromatic N) is 1. The van der Waals surface area contributed by atoms with Crippen LogP contribution in [-0.2, 0) is 9.84 Å². The fourth-order valence-corrected chi connectivity index (χ4v) is 2.87. The highest BCUT2D eigenvalue weighted by Gasteiger charge is 2.27. The summed E-state index contributed by atoms with van der Waals surface area (Å²) in [6.07, 6.45) is 4.45. The molecule has 110 valence electrons. The lowest BCUT2D eigenvalue weighted by Crippen LogP contribution is -2.33. The Hall–Kier alpha value is -1.36. The van der Waals surface area contributed by atoms with Gasteiger partial charge in [0.05, 0.1) is 4.90 Å². The third-order valence-electron chi connectivity index (χ3n) is 3.47. The minimum Gasteiger partial charge on any atom is -0.338 e. The minimum atomic E-state index is -3.28. The highest BCUT2D eigenvalue weighted by atomic mass is 32.2. The summed E-state index contributed by atoms with van der Waals surface area (Å²) in [6, 6.07) is 6.32. The normalized spacial score (nSPS) is 15.1. The average Bonchev–Trinajstić information content (AvgIpc) is 3.20. The summed E-state index contributed by atoms with van der Waals surface area (Å²) >= 11 is 0. The summed E-state index contributed by atoms with van der Waals surface area (Å²) in [5.74, 6) is 0.563.